The first-order valence-electron chi connectivity index (χ1n) is 8.49. The molecule has 3 aromatic rings. The zero-order valence-corrected chi connectivity index (χ0v) is 16.0. The summed E-state index contributed by atoms with van der Waals surface area (Å²) < 4.78 is 6.88. The summed E-state index contributed by atoms with van der Waals surface area (Å²) in [6.45, 7) is 2.18. The Morgan fingerprint density at radius 1 is 1.14 bits per heavy atom. The topological polar surface area (TPSA) is 84.5 Å². The highest BCUT2D eigenvalue weighted by molar-refractivity contribution is 7.07. The van der Waals surface area contributed by atoms with Gasteiger partial charge in [0.05, 0.1) is 17.2 Å². The van der Waals surface area contributed by atoms with E-state index in [4.69, 9.17) is 10.00 Å². The van der Waals surface area contributed by atoms with Crippen molar-refractivity contribution in [1.82, 2.24) is 4.57 Å². The van der Waals surface area contributed by atoms with Gasteiger partial charge in [0.25, 0.3) is 5.91 Å². The zero-order valence-electron chi connectivity index (χ0n) is 15.2. The molecule has 140 valence electrons. The molecule has 28 heavy (non-hydrogen) atoms. The molecule has 0 aliphatic heterocycles. The van der Waals surface area contributed by atoms with Crippen molar-refractivity contribution >= 4 is 23.2 Å². The third kappa shape index (κ3) is 5.02. The molecular formula is C21H17N3O3S. The molecule has 0 unspecified atom stereocenters. The van der Waals surface area contributed by atoms with Crippen LogP contribution in [0.3, 0.4) is 0 Å². The first kappa shape index (κ1) is 19.3. The van der Waals surface area contributed by atoms with Crippen LogP contribution in [0.2, 0.25) is 0 Å². The molecule has 0 radical (unpaired) electrons. The molecule has 2 aromatic carbocycles. The first-order chi connectivity index (χ1) is 13.5. The molecule has 1 aromatic heterocycles. The van der Waals surface area contributed by atoms with Crippen molar-refractivity contribution in [2.24, 2.45) is 4.99 Å². The average Bonchev–Trinajstić information content (AvgIpc) is 3.14. The fourth-order valence-corrected chi connectivity index (χ4v) is 3.17. The van der Waals surface area contributed by atoms with Gasteiger partial charge in [-0.25, -0.2) is 4.79 Å². The van der Waals surface area contributed by atoms with Gasteiger partial charge in [-0.05, 0) is 36.8 Å². The van der Waals surface area contributed by atoms with Gasteiger partial charge >= 0.3 is 5.97 Å². The molecule has 0 saturated heterocycles. The van der Waals surface area contributed by atoms with Gasteiger partial charge in [-0.1, -0.05) is 29.8 Å². The lowest BCUT2D eigenvalue weighted by molar-refractivity contribution is -0.121. The van der Waals surface area contributed by atoms with E-state index in [0.717, 1.165) is 5.56 Å². The Kier molecular flexibility index (Phi) is 6.14. The van der Waals surface area contributed by atoms with Gasteiger partial charge in [0.1, 0.15) is 0 Å². The summed E-state index contributed by atoms with van der Waals surface area (Å²) in [6.07, 6.45) is 1.86. The van der Waals surface area contributed by atoms with Gasteiger partial charge in [0, 0.05) is 18.1 Å². The molecule has 7 heteroatoms. The summed E-state index contributed by atoms with van der Waals surface area (Å²) in [4.78, 5) is 28.7. The number of ether oxygens (including phenoxy) is 1. The maximum absolute atomic E-state index is 12.1. The van der Waals surface area contributed by atoms with Crippen LogP contribution in [0, 0.1) is 18.3 Å². The standard InChI is InChI=1S/C21H17N3O3S/c1-15-2-4-17(5-3-15)13-24-10-11-28-21(24)23-19(25)14-27-20(26)18-8-6-16(12-22)7-9-18/h2-11H,13-14H2,1H3. The number of hydrogen-bond acceptors (Lipinski definition) is 5. The van der Waals surface area contributed by atoms with E-state index in [1.165, 1.54) is 41.2 Å². The quantitative estimate of drug-likeness (QED) is 0.626. The van der Waals surface area contributed by atoms with Gasteiger partial charge in [-0.2, -0.15) is 10.3 Å². The van der Waals surface area contributed by atoms with Gasteiger partial charge < -0.3 is 9.30 Å². The Morgan fingerprint density at radius 2 is 1.86 bits per heavy atom. The molecule has 0 spiro atoms. The van der Waals surface area contributed by atoms with Gasteiger partial charge in [-0.3, -0.25) is 4.79 Å². The number of nitriles is 1. The van der Waals surface area contributed by atoms with Crippen LogP contribution in [-0.4, -0.2) is 23.1 Å². The summed E-state index contributed by atoms with van der Waals surface area (Å²) in [5.41, 5.74) is 3.00. The fraction of sp³-hybridized carbons (Fsp3) is 0.143. The number of carbonyl (C=O) groups excluding carboxylic acids is 2. The van der Waals surface area contributed by atoms with Crippen molar-refractivity contribution in [2.75, 3.05) is 6.61 Å². The SMILES string of the molecule is Cc1ccc(Cn2ccsc2=NC(=O)COC(=O)c2ccc(C#N)cc2)cc1. The average molecular weight is 391 g/mol. The van der Waals surface area contributed by atoms with Crippen molar-refractivity contribution in [3.05, 3.63) is 87.2 Å². The number of esters is 1. The number of hydrogen-bond donors (Lipinski definition) is 0. The maximum atomic E-state index is 12.1. The largest absolute Gasteiger partial charge is 0.452 e. The number of carbonyl (C=O) groups is 2. The van der Waals surface area contributed by atoms with Crippen molar-refractivity contribution < 1.29 is 14.3 Å². The molecule has 0 atom stereocenters. The highest BCUT2D eigenvalue weighted by atomic mass is 32.1. The van der Waals surface area contributed by atoms with E-state index in [2.05, 4.69) is 4.99 Å². The lowest BCUT2D eigenvalue weighted by Crippen LogP contribution is -2.20. The van der Waals surface area contributed by atoms with E-state index >= 15 is 0 Å². The number of aryl methyl sites for hydroxylation is 1. The predicted molar refractivity (Wildman–Crippen MR) is 105 cm³/mol. The number of nitrogens with zero attached hydrogens (tertiary/aromatic N) is 3. The number of aromatic nitrogens is 1. The Bertz CT molecular complexity index is 1090. The van der Waals surface area contributed by atoms with Crippen LogP contribution in [0.25, 0.3) is 0 Å². The van der Waals surface area contributed by atoms with E-state index in [9.17, 15) is 9.59 Å². The lowest BCUT2D eigenvalue weighted by atomic mass is 10.1. The van der Waals surface area contributed by atoms with Crippen LogP contribution in [0.5, 0.6) is 0 Å². The molecule has 0 aliphatic rings. The van der Waals surface area contributed by atoms with Crippen LogP contribution < -0.4 is 4.80 Å². The van der Waals surface area contributed by atoms with Crippen LogP contribution in [0.15, 0.2) is 65.1 Å². The Hall–Kier alpha value is -3.50. The summed E-state index contributed by atoms with van der Waals surface area (Å²) >= 11 is 1.34. The normalized spacial score (nSPS) is 11.1. The summed E-state index contributed by atoms with van der Waals surface area (Å²) in [5, 5.41) is 10.6. The Balaban J connectivity index is 1.63. The Morgan fingerprint density at radius 3 is 2.54 bits per heavy atom. The molecule has 0 bridgehead atoms. The monoisotopic (exact) mass is 391 g/mol. The summed E-state index contributed by atoms with van der Waals surface area (Å²) in [7, 11) is 0. The lowest BCUT2D eigenvalue weighted by Gasteiger charge is -2.04. The molecule has 1 amide bonds. The number of rotatable bonds is 5. The van der Waals surface area contributed by atoms with E-state index in [-0.39, 0.29) is 5.56 Å². The second-order valence-corrected chi connectivity index (χ2v) is 6.94. The van der Waals surface area contributed by atoms with E-state index in [0.29, 0.717) is 16.9 Å². The highest BCUT2D eigenvalue weighted by Gasteiger charge is 2.10. The minimum absolute atomic E-state index is 0.275. The summed E-state index contributed by atoms with van der Waals surface area (Å²) in [5.74, 6) is -1.17. The third-order valence-corrected chi connectivity index (χ3v) is 4.72. The second kappa shape index (κ2) is 8.93. The smallest absolute Gasteiger partial charge is 0.338 e. The predicted octanol–water partition coefficient (Wildman–Crippen LogP) is 3.06. The molecule has 3 rings (SSSR count). The first-order valence-corrected chi connectivity index (χ1v) is 9.37. The van der Waals surface area contributed by atoms with Gasteiger partial charge in [-0.15, -0.1) is 11.3 Å². The minimum Gasteiger partial charge on any atom is -0.452 e. The third-order valence-electron chi connectivity index (χ3n) is 3.93. The number of thiazole rings is 1. The van der Waals surface area contributed by atoms with Gasteiger partial charge in [0.15, 0.2) is 11.4 Å². The Labute approximate surface area is 166 Å². The summed E-state index contributed by atoms with van der Waals surface area (Å²) in [6, 6.07) is 16.1. The van der Waals surface area contributed by atoms with Crippen LogP contribution >= 0.6 is 11.3 Å². The van der Waals surface area contributed by atoms with E-state index in [1.807, 2.05) is 53.4 Å². The van der Waals surface area contributed by atoms with E-state index < -0.39 is 18.5 Å². The molecular weight excluding hydrogens is 374 g/mol. The van der Waals surface area contributed by atoms with Crippen LogP contribution in [0.4, 0.5) is 0 Å². The molecule has 0 N–H and O–H groups in total. The maximum Gasteiger partial charge on any atom is 0.338 e. The molecule has 1 heterocycles. The van der Waals surface area contributed by atoms with Gasteiger partial charge in [0.2, 0.25) is 0 Å². The second-order valence-electron chi connectivity index (χ2n) is 6.07. The zero-order chi connectivity index (χ0) is 19.9. The highest BCUT2D eigenvalue weighted by Crippen LogP contribution is 2.06. The van der Waals surface area contributed by atoms with Crippen molar-refractivity contribution in [3.8, 4) is 6.07 Å². The van der Waals surface area contributed by atoms with Crippen LogP contribution in [0.1, 0.15) is 27.0 Å². The molecule has 0 aliphatic carbocycles. The molecule has 0 fully saturated rings. The van der Waals surface area contributed by atoms with Crippen molar-refractivity contribution in [3.63, 3.8) is 0 Å². The molecule has 0 saturated carbocycles. The van der Waals surface area contributed by atoms with Crippen LogP contribution in [-0.2, 0) is 16.1 Å². The van der Waals surface area contributed by atoms with E-state index in [1.54, 1.807) is 0 Å². The molecule has 6 nitrogen and oxygen atoms in total. The number of amides is 1. The number of benzene rings is 2. The fourth-order valence-electron chi connectivity index (χ4n) is 2.43. The minimum atomic E-state index is -0.633. The van der Waals surface area contributed by atoms with Crippen molar-refractivity contribution in [2.45, 2.75) is 13.5 Å². The van der Waals surface area contributed by atoms with Crippen molar-refractivity contribution in [1.29, 1.82) is 5.26 Å².